The van der Waals surface area contributed by atoms with Gasteiger partial charge in [-0.3, -0.25) is 9.59 Å². The number of likely N-dealkylation sites (N-methyl/N-ethyl adjacent to an activating group) is 2. The number of halogens is 2. The molecule has 0 atom stereocenters. The van der Waals surface area contributed by atoms with E-state index in [0.29, 0.717) is 19.1 Å². The molecule has 0 saturated heterocycles. The van der Waals surface area contributed by atoms with Gasteiger partial charge in [0.05, 0.1) is 24.9 Å². The van der Waals surface area contributed by atoms with Crippen LogP contribution < -0.4 is 12.4 Å². The van der Waals surface area contributed by atoms with Gasteiger partial charge in [0.15, 0.2) is 0 Å². The standard InChI is InChI=1S/C19H30NO2.C10H21NO2.C9H9Cl.4CH4.ClH/c1-7-16-9-11-17(12-10-16)15-20(5,6)13-14-22-18(21)19(3,4)8-2;1-6-10(2,3)9(12)13-8-7-11(4)5;1-2-8-3-5-9(7-10)6-4-8;;;;;/h7,9-12H,1,8,13-15H2,2-6H3;6-8H2,1-5H3;2-6H,1,7H2;4*1H4;1H/q+1;;;;;;;/p-1. The molecule has 0 N–H and O–H groups in total. The van der Waals surface area contributed by atoms with Gasteiger partial charge in [0.25, 0.3) is 0 Å². The third-order valence-corrected chi connectivity index (χ3v) is 8.08. The summed E-state index contributed by atoms with van der Waals surface area (Å²) in [6.07, 6.45) is 5.27. The average molecular weight is 744 g/mol. The molecule has 0 aromatic heterocycles. The Balaban J connectivity index is -0.000000150. The zero-order valence-corrected chi connectivity index (χ0v) is 31.6. The minimum atomic E-state index is -0.391. The van der Waals surface area contributed by atoms with Crippen LogP contribution in [0.25, 0.3) is 12.2 Å². The van der Waals surface area contributed by atoms with Crippen molar-refractivity contribution in [2.45, 2.75) is 96.5 Å². The van der Waals surface area contributed by atoms with Crippen molar-refractivity contribution in [2.75, 3.05) is 54.5 Å². The van der Waals surface area contributed by atoms with E-state index in [4.69, 9.17) is 21.1 Å². The van der Waals surface area contributed by atoms with E-state index in [9.17, 15) is 9.59 Å². The molecule has 0 aliphatic carbocycles. The number of hydrogen-bond donors (Lipinski definition) is 0. The van der Waals surface area contributed by atoms with Gasteiger partial charge >= 0.3 is 11.9 Å². The van der Waals surface area contributed by atoms with Gasteiger partial charge < -0.3 is 31.3 Å². The highest BCUT2D eigenvalue weighted by Crippen LogP contribution is 2.22. The van der Waals surface area contributed by atoms with Crippen LogP contribution in [0.15, 0.2) is 61.7 Å². The number of nitrogens with zero attached hydrogens (tertiary/aromatic N) is 2. The Morgan fingerprint density at radius 2 is 1.10 bits per heavy atom. The number of hydrogen-bond acceptors (Lipinski definition) is 5. The number of quaternary nitrogens is 1. The third-order valence-electron chi connectivity index (χ3n) is 7.77. The second kappa shape index (κ2) is 30.0. The summed E-state index contributed by atoms with van der Waals surface area (Å²) in [5.74, 6) is 0.374. The topological polar surface area (TPSA) is 55.8 Å². The first-order chi connectivity index (χ1) is 21.0. The van der Waals surface area contributed by atoms with Crippen molar-refractivity contribution >= 4 is 35.7 Å². The van der Waals surface area contributed by atoms with E-state index in [0.717, 1.165) is 53.6 Å². The maximum atomic E-state index is 12.0. The summed E-state index contributed by atoms with van der Waals surface area (Å²) in [4.78, 5) is 25.4. The van der Waals surface area contributed by atoms with E-state index >= 15 is 0 Å². The van der Waals surface area contributed by atoms with Crippen LogP contribution in [0.5, 0.6) is 0 Å². The van der Waals surface area contributed by atoms with Gasteiger partial charge in [0.2, 0.25) is 0 Å². The minimum Gasteiger partial charge on any atom is -1.00 e. The molecule has 0 aliphatic heterocycles. The van der Waals surface area contributed by atoms with Gasteiger partial charge in [0, 0.05) is 18.0 Å². The van der Waals surface area contributed by atoms with Crippen LogP contribution in [-0.2, 0) is 31.5 Å². The maximum Gasteiger partial charge on any atom is 0.311 e. The number of carbonyl (C=O) groups is 2. The quantitative estimate of drug-likeness (QED) is 0.105. The molecule has 6 nitrogen and oxygen atoms in total. The summed E-state index contributed by atoms with van der Waals surface area (Å²) in [7, 11) is 8.22. The summed E-state index contributed by atoms with van der Waals surface area (Å²) in [5.41, 5.74) is 3.95. The van der Waals surface area contributed by atoms with Crippen molar-refractivity contribution in [1.29, 1.82) is 0 Å². The van der Waals surface area contributed by atoms with Crippen molar-refractivity contribution in [2.24, 2.45) is 10.8 Å². The van der Waals surface area contributed by atoms with Crippen LogP contribution in [-0.4, -0.2) is 75.8 Å². The lowest BCUT2D eigenvalue weighted by atomic mass is 9.91. The van der Waals surface area contributed by atoms with Crippen molar-refractivity contribution in [3.8, 4) is 0 Å². The van der Waals surface area contributed by atoms with Crippen molar-refractivity contribution in [3.63, 3.8) is 0 Å². The maximum absolute atomic E-state index is 12.0. The molecular formula is C42H76Cl2N2O4. The first-order valence-corrected chi connectivity index (χ1v) is 16.3. The highest BCUT2D eigenvalue weighted by atomic mass is 35.5. The van der Waals surface area contributed by atoms with E-state index < -0.39 is 5.41 Å². The fourth-order valence-electron chi connectivity index (χ4n) is 3.46. The van der Waals surface area contributed by atoms with Gasteiger partial charge in [-0.2, -0.15) is 0 Å². The zero-order valence-electron chi connectivity index (χ0n) is 30.1. The van der Waals surface area contributed by atoms with E-state index in [1.807, 2.05) is 97.0 Å². The van der Waals surface area contributed by atoms with E-state index in [2.05, 4.69) is 51.5 Å². The highest BCUT2D eigenvalue weighted by molar-refractivity contribution is 6.17. The van der Waals surface area contributed by atoms with Gasteiger partial charge in [-0.25, -0.2) is 0 Å². The van der Waals surface area contributed by atoms with Gasteiger partial charge in [-0.1, -0.05) is 117 Å². The molecule has 2 aromatic carbocycles. The molecule has 8 heteroatoms. The second-order valence-corrected chi connectivity index (χ2v) is 13.7. The lowest BCUT2D eigenvalue weighted by molar-refractivity contribution is -0.903. The van der Waals surface area contributed by atoms with Crippen LogP contribution in [0, 0.1) is 10.8 Å². The normalized spacial score (nSPS) is 10.2. The second-order valence-electron chi connectivity index (χ2n) is 13.4. The SMILES string of the molecule is C.C.C.C.C=Cc1ccc(CCl)cc1.C=Cc1ccc(C[N+](C)(C)CCOC(=O)C(C)(C)CC)cc1.CCC(C)(C)C(=O)OCCN(C)C.[Cl-]. The molecule has 0 heterocycles. The Bertz CT molecular complexity index is 1160. The fraction of sp³-hybridized carbons (Fsp3) is 0.571. The largest absolute Gasteiger partial charge is 1.00 e. The molecule has 0 radical (unpaired) electrons. The van der Waals surface area contributed by atoms with Crippen LogP contribution in [0.1, 0.15) is 106 Å². The Labute approximate surface area is 321 Å². The Kier molecular flexibility index (Phi) is 35.7. The van der Waals surface area contributed by atoms with E-state index in [1.165, 1.54) is 5.56 Å². The molecule has 2 aromatic rings. The predicted octanol–water partition coefficient (Wildman–Crippen LogP) is 8.03. The summed E-state index contributed by atoms with van der Waals surface area (Å²) in [6, 6.07) is 16.4. The summed E-state index contributed by atoms with van der Waals surface area (Å²) >= 11 is 5.60. The smallest absolute Gasteiger partial charge is 0.311 e. The fourth-order valence-corrected chi connectivity index (χ4v) is 3.64. The molecule has 0 bridgehead atoms. The van der Waals surface area contributed by atoms with Crippen molar-refractivity contribution in [1.82, 2.24) is 4.90 Å². The molecular weight excluding hydrogens is 667 g/mol. The molecule has 0 saturated carbocycles. The lowest BCUT2D eigenvalue weighted by Gasteiger charge is -2.30. The number of rotatable bonds is 15. The molecule has 292 valence electrons. The van der Waals surface area contributed by atoms with Crippen molar-refractivity contribution in [3.05, 3.63) is 83.9 Å². The van der Waals surface area contributed by atoms with Crippen LogP contribution in [0.2, 0.25) is 0 Å². The van der Waals surface area contributed by atoms with E-state index in [-0.39, 0.29) is 59.5 Å². The van der Waals surface area contributed by atoms with Gasteiger partial charge in [-0.05, 0) is 71.3 Å². The van der Waals surface area contributed by atoms with Crippen LogP contribution >= 0.6 is 11.6 Å². The Morgan fingerprint density at radius 1 is 0.740 bits per heavy atom. The highest BCUT2D eigenvalue weighted by Gasteiger charge is 2.28. The molecule has 0 aliphatic rings. The molecule has 0 spiro atoms. The number of ether oxygens (including phenoxy) is 2. The number of carbonyl (C=O) groups excluding carboxylic acids is 2. The van der Waals surface area contributed by atoms with Crippen molar-refractivity contribution < 1.29 is 36.0 Å². The van der Waals surface area contributed by atoms with Gasteiger partial charge in [-0.15, -0.1) is 11.6 Å². The first kappa shape index (κ1) is 59.5. The Hall–Kier alpha value is -2.64. The number of benzene rings is 2. The Morgan fingerprint density at radius 3 is 1.42 bits per heavy atom. The number of alkyl halides is 1. The lowest BCUT2D eigenvalue weighted by Crippen LogP contribution is -3.00. The van der Waals surface area contributed by atoms with Crippen LogP contribution in [0.4, 0.5) is 0 Å². The van der Waals surface area contributed by atoms with Crippen LogP contribution in [0.3, 0.4) is 0 Å². The zero-order chi connectivity index (χ0) is 34.7. The average Bonchev–Trinajstić information content (AvgIpc) is 3.01. The molecule has 50 heavy (non-hydrogen) atoms. The summed E-state index contributed by atoms with van der Waals surface area (Å²) < 4.78 is 11.4. The summed E-state index contributed by atoms with van der Waals surface area (Å²) in [6.45, 7) is 22.5. The monoisotopic (exact) mass is 743 g/mol. The van der Waals surface area contributed by atoms with E-state index in [1.54, 1.807) is 0 Å². The van der Waals surface area contributed by atoms with Gasteiger partial charge in [0.1, 0.15) is 26.3 Å². The molecule has 2 rings (SSSR count). The molecule has 0 fully saturated rings. The summed E-state index contributed by atoms with van der Waals surface area (Å²) in [5, 5.41) is 0. The molecule has 0 unspecified atom stereocenters. The third kappa shape index (κ3) is 25.3. The molecule has 0 amide bonds. The predicted molar refractivity (Wildman–Crippen MR) is 219 cm³/mol. The number of esters is 2. The first-order valence-electron chi connectivity index (χ1n) is 15.8. The minimum absolute atomic E-state index is 0.